The molecule has 1 N–H and O–H groups in total. The van der Waals surface area contributed by atoms with Crippen LogP contribution in [0, 0.1) is 0 Å². The number of nitrogens with one attached hydrogen (secondary N) is 1. The van der Waals surface area contributed by atoms with Gasteiger partial charge >= 0.3 is 0 Å². The highest BCUT2D eigenvalue weighted by atomic mass is 16.1. The van der Waals surface area contributed by atoms with Crippen molar-refractivity contribution in [1.82, 2.24) is 14.5 Å². The number of nitrogens with zero attached hydrogens (tertiary/aromatic N) is 3. The summed E-state index contributed by atoms with van der Waals surface area (Å²) >= 11 is 0. The van der Waals surface area contributed by atoms with Crippen LogP contribution < -0.4 is 5.32 Å². The maximum absolute atomic E-state index is 12.4. The number of rotatable bonds is 8. The third kappa shape index (κ3) is 5.39. The standard InChI is InChI=1S/C22H24N4O/c1-25(2)15-14-24-20-8-6-19(7-9-20)22(27)12-5-18-3-10-21(11-4-18)26-16-13-23-17-26/h3-13,16-17,24H,14-15H2,1-2H3. The van der Waals surface area contributed by atoms with E-state index in [2.05, 4.69) is 15.2 Å². The van der Waals surface area contributed by atoms with E-state index in [1.807, 2.05) is 79.5 Å². The molecule has 3 rings (SSSR count). The highest BCUT2D eigenvalue weighted by molar-refractivity contribution is 6.06. The second-order valence-electron chi connectivity index (χ2n) is 6.57. The number of anilines is 1. The monoisotopic (exact) mass is 360 g/mol. The van der Waals surface area contributed by atoms with Gasteiger partial charge in [0.25, 0.3) is 0 Å². The van der Waals surface area contributed by atoms with Gasteiger partial charge < -0.3 is 14.8 Å². The Morgan fingerprint density at radius 2 is 1.85 bits per heavy atom. The number of ketones is 1. The largest absolute Gasteiger partial charge is 0.384 e. The molecule has 3 aromatic rings. The highest BCUT2D eigenvalue weighted by Gasteiger charge is 2.02. The molecule has 0 saturated heterocycles. The molecule has 0 unspecified atom stereocenters. The van der Waals surface area contributed by atoms with Gasteiger partial charge in [-0.15, -0.1) is 0 Å². The first-order valence-corrected chi connectivity index (χ1v) is 8.91. The van der Waals surface area contributed by atoms with Crippen molar-refractivity contribution < 1.29 is 4.79 Å². The highest BCUT2D eigenvalue weighted by Crippen LogP contribution is 2.13. The molecule has 0 aliphatic carbocycles. The molecule has 5 nitrogen and oxygen atoms in total. The lowest BCUT2D eigenvalue weighted by Crippen LogP contribution is -2.20. The number of imidazole rings is 1. The van der Waals surface area contributed by atoms with E-state index in [1.165, 1.54) is 0 Å². The Balaban J connectivity index is 1.58. The van der Waals surface area contributed by atoms with E-state index in [4.69, 9.17) is 0 Å². The quantitative estimate of drug-likeness (QED) is 0.491. The van der Waals surface area contributed by atoms with Crippen molar-refractivity contribution in [2.45, 2.75) is 0 Å². The molecule has 0 fully saturated rings. The van der Waals surface area contributed by atoms with Crippen molar-refractivity contribution >= 4 is 17.5 Å². The molecule has 0 bridgehead atoms. The number of carbonyl (C=O) groups excluding carboxylic acids is 1. The molecule has 1 aromatic heterocycles. The summed E-state index contributed by atoms with van der Waals surface area (Å²) in [5.74, 6) is -0.00599. The first-order chi connectivity index (χ1) is 13.1. The van der Waals surface area contributed by atoms with Crippen LogP contribution in [0.25, 0.3) is 11.8 Å². The van der Waals surface area contributed by atoms with Crippen LogP contribution in [-0.2, 0) is 0 Å². The third-order valence-corrected chi connectivity index (χ3v) is 4.18. The smallest absolute Gasteiger partial charge is 0.185 e. The van der Waals surface area contributed by atoms with Crippen molar-refractivity contribution in [2.24, 2.45) is 0 Å². The Hall–Kier alpha value is -3.18. The molecule has 27 heavy (non-hydrogen) atoms. The Labute approximate surface area is 160 Å². The zero-order valence-electron chi connectivity index (χ0n) is 15.7. The second-order valence-corrected chi connectivity index (χ2v) is 6.57. The molecule has 0 aliphatic heterocycles. The minimum atomic E-state index is -0.00599. The van der Waals surface area contributed by atoms with Crippen molar-refractivity contribution in [3.63, 3.8) is 0 Å². The predicted octanol–water partition coefficient (Wildman–Crippen LogP) is 3.74. The van der Waals surface area contributed by atoms with Crippen LogP contribution in [0.4, 0.5) is 5.69 Å². The van der Waals surface area contributed by atoms with Gasteiger partial charge in [0.15, 0.2) is 5.78 Å². The third-order valence-electron chi connectivity index (χ3n) is 4.18. The summed E-state index contributed by atoms with van der Waals surface area (Å²) in [6.45, 7) is 1.83. The van der Waals surface area contributed by atoms with E-state index in [-0.39, 0.29) is 5.78 Å². The van der Waals surface area contributed by atoms with Crippen molar-refractivity contribution in [3.8, 4) is 5.69 Å². The molecule has 5 heteroatoms. The van der Waals surface area contributed by atoms with Gasteiger partial charge in [-0.3, -0.25) is 4.79 Å². The maximum Gasteiger partial charge on any atom is 0.185 e. The van der Waals surface area contributed by atoms with Gasteiger partial charge in [-0.2, -0.15) is 0 Å². The number of carbonyl (C=O) groups is 1. The van der Waals surface area contributed by atoms with Crippen LogP contribution in [0.1, 0.15) is 15.9 Å². The SMILES string of the molecule is CN(C)CCNc1ccc(C(=O)C=Cc2ccc(-n3ccnc3)cc2)cc1. The van der Waals surface area contributed by atoms with E-state index < -0.39 is 0 Å². The summed E-state index contributed by atoms with van der Waals surface area (Å²) in [6, 6.07) is 15.6. The molecular weight excluding hydrogens is 336 g/mol. The Morgan fingerprint density at radius 1 is 1.11 bits per heavy atom. The molecule has 0 radical (unpaired) electrons. The first kappa shape index (κ1) is 18.6. The van der Waals surface area contributed by atoms with E-state index >= 15 is 0 Å². The Bertz CT molecular complexity index is 879. The maximum atomic E-state index is 12.4. The predicted molar refractivity (Wildman–Crippen MR) is 110 cm³/mol. The first-order valence-electron chi connectivity index (χ1n) is 8.91. The fraction of sp³-hybridized carbons (Fsp3) is 0.182. The van der Waals surface area contributed by atoms with Gasteiger partial charge in [-0.1, -0.05) is 18.2 Å². The Morgan fingerprint density at radius 3 is 2.48 bits per heavy atom. The van der Waals surface area contributed by atoms with Crippen LogP contribution >= 0.6 is 0 Å². The molecule has 0 aliphatic rings. The molecule has 138 valence electrons. The van der Waals surface area contributed by atoms with Crippen LogP contribution in [0.5, 0.6) is 0 Å². The lowest BCUT2D eigenvalue weighted by atomic mass is 10.1. The van der Waals surface area contributed by atoms with Gasteiger partial charge in [-0.25, -0.2) is 4.98 Å². The van der Waals surface area contributed by atoms with E-state index in [0.29, 0.717) is 5.56 Å². The zero-order valence-corrected chi connectivity index (χ0v) is 15.7. The minimum Gasteiger partial charge on any atom is -0.384 e. The number of likely N-dealkylation sites (N-methyl/N-ethyl adjacent to an activating group) is 1. The average molecular weight is 360 g/mol. The summed E-state index contributed by atoms with van der Waals surface area (Å²) < 4.78 is 1.94. The number of allylic oxidation sites excluding steroid dienone is 1. The summed E-state index contributed by atoms with van der Waals surface area (Å²) in [5.41, 5.74) is 3.72. The second kappa shape index (κ2) is 8.96. The summed E-state index contributed by atoms with van der Waals surface area (Å²) in [4.78, 5) is 18.5. The molecule has 0 spiro atoms. The van der Waals surface area contributed by atoms with Gasteiger partial charge in [0, 0.05) is 42.4 Å². The molecule has 0 amide bonds. The summed E-state index contributed by atoms with van der Waals surface area (Å²) in [7, 11) is 4.09. The van der Waals surface area contributed by atoms with Crippen LogP contribution in [0.15, 0.2) is 73.3 Å². The Kier molecular flexibility index (Phi) is 6.18. The fourth-order valence-corrected chi connectivity index (χ4v) is 2.61. The molecule has 1 heterocycles. The van der Waals surface area contributed by atoms with Crippen molar-refractivity contribution in [3.05, 3.63) is 84.5 Å². The van der Waals surface area contributed by atoms with E-state index in [9.17, 15) is 4.79 Å². The van der Waals surface area contributed by atoms with Crippen molar-refractivity contribution in [2.75, 3.05) is 32.5 Å². The van der Waals surface area contributed by atoms with Gasteiger partial charge in [-0.05, 0) is 62.1 Å². The number of benzene rings is 2. The van der Waals surface area contributed by atoms with Gasteiger partial charge in [0.05, 0.1) is 6.33 Å². The average Bonchev–Trinajstić information content (AvgIpc) is 3.21. The van der Waals surface area contributed by atoms with E-state index in [1.54, 1.807) is 18.6 Å². The zero-order chi connectivity index (χ0) is 19.1. The van der Waals surface area contributed by atoms with Crippen molar-refractivity contribution in [1.29, 1.82) is 0 Å². The molecular formula is C22H24N4O. The lowest BCUT2D eigenvalue weighted by Gasteiger charge is -2.11. The van der Waals surface area contributed by atoms with Gasteiger partial charge in [0.2, 0.25) is 0 Å². The van der Waals surface area contributed by atoms with Crippen LogP contribution in [0.3, 0.4) is 0 Å². The van der Waals surface area contributed by atoms with Gasteiger partial charge in [0.1, 0.15) is 0 Å². The summed E-state index contributed by atoms with van der Waals surface area (Å²) in [6.07, 6.45) is 8.85. The normalized spacial score (nSPS) is 11.2. The summed E-state index contributed by atoms with van der Waals surface area (Å²) in [5, 5.41) is 3.34. The number of hydrogen-bond acceptors (Lipinski definition) is 4. The van der Waals surface area contributed by atoms with Crippen LogP contribution in [-0.4, -0.2) is 47.4 Å². The van der Waals surface area contributed by atoms with Crippen LogP contribution in [0.2, 0.25) is 0 Å². The topological polar surface area (TPSA) is 50.2 Å². The van der Waals surface area contributed by atoms with E-state index in [0.717, 1.165) is 30.0 Å². The molecule has 0 saturated carbocycles. The lowest BCUT2D eigenvalue weighted by molar-refractivity contribution is 0.104. The molecule has 0 atom stereocenters. The molecule has 2 aromatic carbocycles. The number of aromatic nitrogens is 2. The number of hydrogen-bond donors (Lipinski definition) is 1. The fourth-order valence-electron chi connectivity index (χ4n) is 2.61. The minimum absolute atomic E-state index is 0.00599.